The summed E-state index contributed by atoms with van der Waals surface area (Å²) in [5, 5.41) is 0. The molecule has 2 N–H and O–H groups in total. The maximum Gasteiger partial charge on any atom is 0.451 e. The van der Waals surface area contributed by atoms with Crippen LogP contribution in [0.4, 0.5) is 13.2 Å². The maximum absolute atomic E-state index is 12.5. The molecule has 0 aromatic carbocycles. The Balaban J connectivity index is 2.02. The smallest absolute Gasteiger partial charge is 0.364 e. The summed E-state index contributed by atoms with van der Waals surface area (Å²) in [6, 6.07) is 7.39. The van der Waals surface area contributed by atoms with Gasteiger partial charge >= 0.3 is 6.18 Å². The van der Waals surface area contributed by atoms with Crippen LogP contribution in [0, 0.1) is 0 Å². The van der Waals surface area contributed by atoms with Crippen molar-refractivity contribution in [3.05, 3.63) is 71.8 Å². The molecule has 0 saturated carbocycles. The molecule has 0 amide bonds. The summed E-state index contributed by atoms with van der Waals surface area (Å²) in [4.78, 5) is 13.0. The van der Waals surface area contributed by atoms with Crippen molar-refractivity contribution in [2.45, 2.75) is 12.1 Å². The van der Waals surface area contributed by atoms with E-state index < -0.39 is 12.0 Å². The molecule has 4 nitrogen and oxygen atoms in total. The molecule has 0 spiro atoms. The van der Waals surface area contributed by atoms with Crippen LogP contribution in [0.2, 0.25) is 0 Å². The summed E-state index contributed by atoms with van der Waals surface area (Å²) in [6.07, 6.45) is 1.41. The average molecular weight is 292 g/mol. The third kappa shape index (κ3) is 2.67. The van der Waals surface area contributed by atoms with Crippen LogP contribution in [0.3, 0.4) is 0 Å². The lowest BCUT2D eigenvalue weighted by Crippen LogP contribution is -2.12. The van der Waals surface area contributed by atoms with Crippen molar-refractivity contribution in [2.75, 3.05) is 0 Å². The number of halogens is 3. The standard InChI is InChI=1S/C14H11F3N4/c15-14(16,17)13-20-7-9(8-21-13)12(10-3-1-5-18-10)11-4-2-6-19-11/h1-8,12,18-19H. The number of alkyl halides is 3. The molecule has 0 bridgehead atoms. The Morgan fingerprint density at radius 2 is 1.43 bits per heavy atom. The van der Waals surface area contributed by atoms with E-state index in [1.165, 1.54) is 12.4 Å². The zero-order chi connectivity index (χ0) is 14.9. The molecule has 0 unspecified atom stereocenters. The van der Waals surface area contributed by atoms with Crippen LogP contribution in [0.15, 0.2) is 49.1 Å². The van der Waals surface area contributed by atoms with E-state index >= 15 is 0 Å². The normalized spacial score (nSPS) is 12.0. The number of hydrogen-bond donors (Lipinski definition) is 2. The summed E-state index contributed by atoms with van der Waals surface area (Å²) < 4.78 is 37.6. The molecule has 7 heteroatoms. The SMILES string of the molecule is FC(F)(F)c1ncc(C(c2ccc[nH]2)c2ccc[nH]2)cn1. The Morgan fingerprint density at radius 3 is 1.81 bits per heavy atom. The summed E-state index contributed by atoms with van der Waals surface area (Å²) in [5.74, 6) is -1.40. The van der Waals surface area contributed by atoms with Crippen LogP contribution in [0.5, 0.6) is 0 Å². The van der Waals surface area contributed by atoms with Gasteiger partial charge in [-0.3, -0.25) is 0 Å². The zero-order valence-electron chi connectivity index (χ0n) is 10.7. The molecule has 0 atom stereocenters. The molecule has 0 saturated heterocycles. The van der Waals surface area contributed by atoms with Crippen LogP contribution in [-0.2, 0) is 6.18 Å². The van der Waals surface area contributed by atoms with Gasteiger partial charge in [0.25, 0.3) is 0 Å². The summed E-state index contributed by atoms with van der Waals surface area (Å²) >= 11 is 0. The monoisotopic (exact) mass is 292 g/mol. The van der Waals surface area contributed by atoms with E-state index in [1.54, 1.807) is 12.4 Å². The first-order valence-electron chi connectivity index (χ1n) is 6.21. The minimum Gasteiger partial charge on any atom is -0.364 e. The molecule has 3 aromatic heterocycles. The van der Waals surface area contributed by atoms with E-state index in [1.807, 2.05) is 24.3 Å². The summed E-state index contributed by atoms with van der Waals surface area (Å²) in [5.41, 5.74) is 2.27. The van der Waals surface area contributed by atoms with E-state index in [2.05, 4.69) is 19.9 Å². The second kappa shape index (κ2) is 5.08. The maximum atomic E-state index is 12.5. The van der Waals surface area contributed by atoms with Gasteiger partial charge in [0.05, 0.1) is 5.92 Å². The summed E-state index contributed by atoms with van der Waals surface area (Å²) in [6.45, 7) is 0. The lowest BCUT2D eigenvalue weighted by molar-refractivity contribution is -0.145. The molecular formula is C14H11F3N4. The van der Waals surface area contributed by atoms with Crippen molar-refractivity contribution in [3.8, 4) is 0 Å². The van der Waals surface area contributed by atoms with E-state index in [9.17, 15) is 13.2 Å². The van der Waals surface area contributed by atoms with Crippen molar-refractivity contribution in [3.63, 3.8) is 0 Å². The van der Waals surface area contributed by atoms with Gasteiger partial charge < -0.3 is 9.97 Å². The third-order valence-corrected chi connectivity index (χ3v) is 3.12. The number of H-pyrrole nitrogens is 2. The van der Waals surface area contributed by atoms with Gasteiger partial charge in [0.2, 0.25) is 5.82 Å². The molecule has 108 valence electrons. The van der Waals surface area contributed by atoms with E-state index in [0.717, 1.165) is 11.4 Å². The Kier molecular flexibility index (Phi) is 3.25. The Bertz CT molecular complexity index is 651. The van der Waals surface area contributed by atoms with Crippen molar-refractivity contribution in [1.29, 1.82) is 0 Å². The molecule has 0 aliphatic heterocycles. The first kappa shape index (κ1) is 13.4. The molecule has 0 radical (unpaired) electrons. The highest BCUT2D eigenvalue weighted by Crippen LogP contribution is 2.31. The third-order valence-electron chi connectivity index (χ3n) is 3.12. The molecule has 3 rings (SSSR count). The van der Waals surface area contributed by atoms with E-state index in [4.69, 9.17) is 0 Å². The zero-order valence-corrected chi connectivity index (χ0v) is 10.7. The van der Waals surface area contributed by atoms with Gasteiger partial charge in [-0.25, -0.2) is 9.97 Å². The van der Waals surface area contributed by atoms with Crippen molar-refractivity contribution in [1.82, 2.24) is 19.9 Å². The van der Waals surface area contributed by atoms with Gasteiger partial charge in [0, 0.05) is 41.7 Å². The second-order valence-electron chi connectivity index (χ2n) is 4.52. The first-order chi connectivity index (χ1) is 10.1. The fraction of sp³-hybridized carbons (Fsp3) is 0.143. The minimum absolute atomic E-state index is 0.266. The number of aromatic nitrogens is 4. The minimum atomic E-state index is -4.53. The molecule has 3 aromatic rings. The average Bonchev–Trinajstić information content (AvgIpc) is 3.12. The number of nitrogens with zero attached hydrogens (tertiary/aromatic N) is 2. The summed E-state index contributed by atoms with van der Waals surface area (Å²) in [7, 11) is 0. The number of aromatic amines is 2. The van der Waals surface area contributed by atoms with Gasteiger partial charge in [-0.1, -0.05) is 0 Å². The van der Waals surface area contributed by atoms with Crippen LogP contribution in [-0.4, -0.2) is 19.9 Å². The topological polar surface area (TPSA) is 57.4 Å². The molecule has 3 heterocycles. The lowest BCUT2D eigenvalue weighted by atomic mass is 9.95. The van der Waals surface area contributed by atoms with Crippen LogP contribution < -0.4 is 0 Å². The molecule has 0 aliphatic carbocycles. The van der Waals surface area contributed by atoms with Gasteiger partial charge in [-0.2, -0.15) is 13.2 Å². The number of nitrogens with one attached hydrogen (secondary N) is 2. The highest BCUT2D eigenvalue weighted by Gasteiger charge is 2.34. The lowest BCUT2D eigenvalue weighted by Gasteiger charge is -2.15. The Morgan fingerprint density at radius 1 is 0.905 bits per heavy atom. The first-order valence-corrected chi connectivity index (χ1v) is 6.21. The molecule has 21 heavy (non-hydrogen) atoms. The number of rotatable bonds is 3. The highest BCUT2D eigenvalue weighted by molar-refractivity contribution is 5.35. The van der Waals surface area contributed by atoms with Gasteiger partial charge in [-0.15, -0.1) is 0 Å². The predicted octanol–water partition coefficient (Wildman–Crippen LogP) is 3.33. The molecule has 0 fully saturated rings. The fourth-order valence-electron chi connectivity index (χ4n) is 2.21. The second-order valence-corrected chi connectivity index (χ2v) is 4.52. The van der Waals surface area contributed by atoms with Crippen molar-refractivity contribution in [2.24, 2.45) is 0 Å². The van der Waals surface area contributed by atoms with Crippen LogP contribution in [0.25, 0.3) is 0 Å². The van der Waals surface area contributed by atoms with Crippen LogP contribution >= 0.6 is 0 Å². The van der Waals surface area contributed by atoms with Crippen LogP contribution in [0.1, 0.15) is 28.7 Å². The molecular weight excluding hydrogens is 281 g/mol. The van der Waals surface area contributed by atoms with E-state index in [-0.39, 0.29) is 5.92 Å². The largest absolute Gasteiger partial charge is 0.451 e. The van der Waals surface area contributed by atoms with Gasteiger partial charge in [-0.05, 0) is 24.3 Å². The van der Waals surface area contributed by atoms with Crippen molar-refractivity contribution >= 4 is 0 Å². The van der Waals surface area contributed by atoms with Gasteiger partial charge in [0.1, 0.15) is 0 Å². The van der Waals surface area contributed by atoms with Gasteiger partial charge in [0.15, 0.2) is 0 Å². The van der Waals surface area contributed by atoms with Crippen molar-refractivity contribution < 1.29 is 13.2 Å². The highest BCUT2D eigenvalue weighted by atomic mass is 19.4. The number of hydrogen-bond acceptors (Lipinski definition) is 2. The molecule has 0 aliphatic rings. The predicted molar refractivity (Wildman–Crippen MR) is 69.6 cm³/mol. The Hall–Kier alpha value is -2.57. The quantitative estimate of drug-likeness (QED) is 0.778. The Labute approximate surface area is 118 Å². The van der Waals surface area contributed by atoms with E-state index in [0.29, 0.717) is 5.56 Å². The fourth-order valence-corrected chi connectivity index (χ4v) is 2.21.